The fourth-order valence-electron chi connectivity index (χ4n) is 2.02. The lowest BCUT2D eigenvalue weighted by Gasteiger charge is -2.09. The zero-order chi connectivity index (χ0) is 15.5. The first-order valence-corrected chi connectivity index (χ1v) is 7.65. The highest BCUT2D eigenvalue weighted by Crippen LogP contribution is 2.19. The van der Waals surface area contributed by atoms with E-state index in [1.165, 1.54) is 38.2 Å². The second kappa shape index (κ2) is 9.97. The van der Waals surface area contributed by atoms with Crippen molar-refractivity contribution in [2.24, 2.45) is 0 Å². The summed E-state index contributed by atoms with van der Waals surface area (Å²) >= 11 is 0. The van der Waals surface area contributed by atoms with Crippen molar-refractivity contribution in [2.75, 3.05) is 6.61 Å². The molecule has 0 fully saturated rings. The minimum absolute atomic E-state index is 0.573. The van der Waals surface area contributed by atoms with Crippen molar-refractivity contribution in [3.63, 3.8) is 0 Å². The summed E-state index contributed by atoms with van der Waals surface area (Å²) in [7, 11) is 0. The van der Waals surface area contributed by atoms with E-state index in [0.29, 0.717) is 18.1 Å². The van der Waals surface area contributed by atoms with Crippen LogP contribution in [-0.4, -0.2) is 22.7 Å². The molecule has 116 valence electrons. The summed E-state index contributed by atoms with van der Waals surface area (Å²) in [5.41, 5.74) is 1.41. The minimum Gasteiger partial charge on any atom is -0.491 e. The van der Waals surface area contributed by atoms with Gasteiger partial charge in [0.15, 0.2) is 0 Å². The number of carboxylic acid groups (broad SMARTS) is 1. The molecule has 1 rings (SSSR count). The van der Waals surface area contributed by atoms with Gasteiger partial charge in [-0.05, 0) is 31.6 Å². The number of carbonyl (C=O) groups is 1. The summed E-state index contributed by atoms with van der Waals surface area (Å²) in [5, 5.41) is 8.70. The summed E-state index contributed by atoms with van der Waals surface area (Å²) in [5.74, 6) is -0.341. The zero-order valence-electron chi connectivity index (χ0n) is 13.0. The third kappa shape index (κ3) is 7.49. The topological polar surface area (TPSA) is 59.4 Å². The highest BCUT2D eigenvalue weighted by molar-refractivity contribution is 5.85. The van der Waals surface area contributed by atoms with Crippen LogP contribution in [0.15, 0.2) is 18.2 Å². The van der Waals surface area contributed by atoms with E-state index in [-0.39, 0.29) is 0 Å². The van der Waals surface area contributed by atoms with Gasteiger partial charge in [0.2, 0.25) is 0 Å². The Morgan fingerprint density at radius 3 is 2.67 bits per heavy atom. The van der Waals surface area contributed by atoms with Crippen LogP contribution in [0.2, 0.25) is 0 Å². The van der Waals surface area contributed by atoms with E-state index in [1.807, 2.05) is 19.1 Å². The van der Waals surface area contributed by atoms with E-state index >= 15 is 0 Å². The highest BCUT2D eigenvalue weighted by Gasteiger charge is 2.04. The second-order valence-corrected chi connectivity index (χ2v) is 5.12. The van der Waals surface area contributed by atoms with Crippen molar-refractivity contribution in [3.05, 3.63) is 29.6 Å². The number of aliphatic carboxylic acids is 1. The van der Waals surface area contributed by atoms with Gasteiger partial charge < -0.3 is 9.84 Å². The first kappa shape index (κ1) is 17.2. The molecule has 0 aliphatic rings. The van der Waals surface area contributed by atoms with Crippen molar-refractivity contribution in [1.82, 2.24) is 4.98 Å². The van der Waals surface area contributed by atoms with Crippen LogP contribution in [0, 0.1) is 6.92 Å². The molecule has 0 atom stereocenters. The molecule has 1 aromatic heterocycles. The molecular formula is C17H25NO3. The van der Waals surface area contributed by atoms with Crippen molar-refractivity contribution >= 4 is 12.0 Å². The average Bonchev–Trinajstić information content (AvgIpc) is 2.45. The molecule has 0 spiro atoms. The van der Waals surface area contributed by atoms with Gasteiger partial charge in [0.25, 0.3) is 0 Å². The summed E-state index contributed by atoms with van der Waals surface area (Å²) in [6.45, 7) is 4.72. The van der Waals surface area contributed by atoms with Crippen LogP contribution in [0.3, 0.4) is 0 Å². The smallest absolute Gasteiger partial charge is 0.328 e. The van der Waals surface area contributed by atoms with Gasteiger partial charge >= 0.3 is 5.97 Å². The third-order valence-corrected chi connectivity index (χ3v) is 3.16. The van der Waals surface area contributed by atoms with Crippen LogP contribution >= 0.6 is 0 Å². The largest absolute Gasteiger partial charge is 0.491 e. The Kier molecular flexibility index (Phi) is 8.17. The normalized spacial score (nSPS) is 11.0. The number of ether oxygens (including phenoxy) is 1. The highest BCUT2D eigenvalue weighted by atomic mass is 16.5. The van der Waals surface area contributed by atoms with Gasteiger partial charge in [0.1, 0.15) is 11.4 Å². The Balaban J connectivity index is 2.45. The molecule has 21 heavy (non-hydrogen) atoms. The Morgan fingerprint density at radius 2 is 1.95 bits per heavy atom. The molecule has 0 radical (unpaired) electrons. The van der Waals surface area contributed by atoms with Crippen LogP contribution < -0.4 is 4.74 Å². The lowest BCUT2D eigenvalue weighted by Crippen LogP contribution is -2.01. The van der Waals surface area contributed by atoms with E-state index in [2.05, 4.69) is 11.9 Å². The number of hydrogen-bond acceptors (Lipinski definition) is 3. The molecular weight excluding hydrogens is 266 g/mol. The molecule has 0 aliphatic carbocycles. The molecule has 1 N–H and O–H groups in total. The molecule has 4 nitrogen and oxygen atoms in total. The predicted molar refractivity (Wildman–Crippen MR) is 84.5 cm³/mol. The fourth-order valence-corrected chi connectivity index (χ4v) is 2.02. The maximum Gasteiger partial charge on any atom is 0.328 e. The molecule has 1 heterocycles. The van der Waals surface area contributed by atoms with Gasteiger partial charge in [-0.15, -0.1) is 0 Å². The average molecular weight is 291 g/mol. The van der Waals surface area contributed by atoms with Crippen molar-refractivity contribution in [3.8, 4) is 5.75 Å². The standard InChI is InChI=1S/C17H25NO3/c1-3-4-5-6-7-8-13-21-16-11-9-14(2)18-15(16)10-12-17(19)20/h9-12H,3-8,13H2,1-2H3,(H,19,20)/b12-10+. The first-order chi connectivity index (χ1) is 10.1. The summed E-state index contributed by atoms with van der Waals surface area (Å²) in [6.07, 6.45) is 9.83. The number of unbranched alkanes of at least 4 members (excludes halogenated alkanes) is 5. The zero-order valence-corrected chi connectivity index (χ0v) is 13.0. The lowest BCUT2D eigenvalue weighted by atomic mass is 10.1. The number of pyridine rings is 1. The number of rotatable bonds is 10. The van der Waals surface area contributed by atoms with E-state index in [1.54, 1.807) is 0 Å². The van der Waals surface area contributed by atoms with Gasteiger partial charge in [0.05, 0.1) is 6.61 Å². The second-order valence-electron chi connectivity index (χ2n) is 5.12. The first-order valence-electron chi connectivity index (χ1n) is 7.65. The maximum absolute atomic E-state index is 10.6. The molecule has 0 unspecified atom stereocenters. The number of carboxylic acids is 1. The van der Waals surface area contributed by atoms with E-state index in [0.717, 1.165) is 18.2 Å². The van der Waals surface area contributed by atoms with Gasteiger partial charge in [-0.25, -0.2) is 9.78 Å². The maximum atomic E-state index is 10.6. The number of aromatic nitrogens is 1. The number of aryl methyl sites for hydroxylation is 1. The van der Waals surface area contributed by atoms with E-state index in [9.17, 15) is 4.79 Å². The van der Waals surface area contributed by atoms with Crippen LogP contribution in [-0.2, 0) is 4.79 Å². The summed E-state index contributed by atoms with van der Waals surface area (Å²) < 4.78 is 5.72. The SMILES string of the molecule is CCCCCCCCOc1ccc(C)nc1/C=C/C(=O)O. The number of hydrogen-bond donors (Lipinski definition) is 1. The molecule has 0 bridgehead atoms. The fraction of sp³-hybridized carbons (Fsp3) is 0.529. The predicted octanol–water partition coefficient (Wildman–Crippen LogP) is 4.23. The minimum atomic E-state index is -0.986. The van der Waals surface area contributed by atoms with Crippen molar-refractivity contribution in [1.29, 1.82) is 0 Å². The molecule has 4 heteroatoms. The Labute approximate surface area is 126 Å². The Hall–Kier alpha value is -1.84. The van der Waals surface area contributed by atoms with Crippen molar-refractivity contribution < 1.29 is 14.6 Å². The Morgan fingerprint density at radius 1 is 1.24 bits per heavy atom. The van der Waals surface area contributed by atoms with Crippen LogP contribution in [0.4, 0.5) is 0 Å². The van der Waals surface area contributed by atoms with Gasteiger partial charge in [-0.3, -0.25) is 0 Å². The molecule has 1 aromatic rings. The molecule has 0 amide bonds. The number of nitrogens with zero attached hydrogens (tertiary/aromatic N) is 1. The van der Waals surface area contributed by atoms with Crippen LogP contribution in [0.25, 0.3) is 6.08 Å². The third-order valence-electron chi connectivity index (χ3n) is 3.16. The lowest BCUT2D eigenvalue weighted by molar-refractivity contribution is -0.131. The quantitative estimate of drug-likeness (QED) is 0.518. The molecule has 0 aromatic carbocycles. The molecule has 0 aliphatic heterocycles. The van der Waals surface area contributed by atoms with Gasteiger partial charge in [0, 0.05) is 11.8 Å². The van der Waals surface area contributed by atoms with Gasteiger partial charge in [-0.2, -0.15) is 0 Å². The van der Waals surface area contributed by atoms with Gasteiger partial charge in [-0.1, -0.05) is 39.0 Å². The van der Waals surface area contributed by atoms with E-state index < -0.39 is 5.97 Å². The molecule has 0 saturated carbocycles. The van der Waals surface area contributed by atoms with Crippen molar-refractivity contribution in [2.45, 2.75) is 52.4 Å². The monoisotopic (exact) mass is 291 g/mol. The summed E-state index contributed by atoms with van der Waals surface area (Å²) in [6, 6.07) is 3.72. The summed E-state index contributed by atoms with van der Waals surface area (Å²) in [4.78, 5) is 14.9. The van der Waals surface area contributed by atoms with E-state index in [4.69, 9.17) is 9.84 Å². The Bertz CT molecular complexity index is 469. The van der Waals surface area contributed by atoms with Crippen LogP contribution in [0.1, 0.15) is 56.8 Å². The van der Waals surface area contributed by atoms with Crippen LogP contribution in [0.5, 0.6) is 5.75 Å². The molecule has 0 saturated heterocycles.